The summed E-state index contributed by atoms with van der Waals surface area (Å²) in [5.74, 6) is 2.46. The summed E-state index contributed by atoms with van der Waals surface area (Å²) in [5, 5.41) is 11.2. The van der Waals surface area contributed by atoms with Crippen molar-refractivity contribution in [1.29, 1.82) is 0 Å². The number of aliphatic hydroxyl groups is 1. The highest BCUT2D eigenvalue weighted by Gasteiger charge is 2.33. The molecule has 2 aliphatic rings. The number of rotatable bonds is 6. The molecule has 0 amide bonds. The monoisotopic (exact) mass is 472 g/mol. The lowest BCUT2D eigenvalue weighted by Gasteiger charge is -2.38. The van der Waals surface area contributed by atoms with E-state index >= 15 is 0 Å². The van der Waals surface area contributed by atoms with E-state index in [9.17, 15) is 5.11 Å². The Morgan fingerprint density at radius 2 is 1.74 bits per heavy atom. The predicted octanol–water partition coefficient (Wildman–Crippen LogP) is 4.80. The fourth-order valence-electron chi connectivity index (χ4n) is 5.01. The molecule has 0 saturated carbocycles. The van der Waals surface area contributed by atoms with Crippen molar-refractivity contribution >= 4 is 5.57 Å². The quantitative estimate of drug-likeness (QED) is 0.556. The first-order valence-corrected chi connectivity index (χ1v) is 12.1. The van der Waals surface area contributed by atoms with Crippen LogP contribution in [0, 0.1) is 0 Å². The van der Waals surface area contributed by atoms with E-state index in [0.29, 0.717) is 6.61 Å². The van der Waals surface area contributed by atoms with Crippen molar-refractivity contribution < 1.29 is 19.3 Å². The number of benzene rings is 2. The van der Waals surface area contributed by atoms with E-state index in [1.165, 1.54) is 0 Å². The van der Waals surface area contributed by atoms with E-state index in [-0.39, 0.29) is 0 Å². The van der Waals surface area contributed by atoms with Gasteiger partial charge in [-0.15, -0.1) is 0 Å². The summed E-state index contributed by atoms with van der Waals surface area (Å²) in [7, 11) is 3.34. The van der Waals surface area contributed by atoms with Crippen molar-refractivity contribution in [2.75, 3.05) is 33.9 Å². The molecule has 5 rings (SSSR count). The van der Waals surface area contributed by atoms with Crippen LogP contribution in [0.1, 0.15) is 41.6 Å². The van der Waals surface area contributed by atoms with Crippen LogP contribution in [0.3, 0.4) is 0 Å². The molecular formula is C29H32N2O4. The lowest BCUT2D eigenvalue weighted by atomic mass is 9.84. The molecule has 3 aromatic rings. The number of piperidine rings is 1. The maximum Gasteiger partial charge on any atom is 0.131 e. The van der Waals surface area contributed by atoms with Crippen LogP contribution < -0.4 is 14.2 Å². The molecule has 0 atom stereocenters. The Kier molecular flexibility index (Phi) is 6.75. The van der Waals surface area contributed by atoms with Crippen LogP contribution in [0.25, 0.3) is 5.57 Å². The highest BCUT2D eigenvalue weighted by atomic mass is 16.5. The first kappa shape index (κ1) is 23.4. The molecule has 1 aromatic heterocycles. The second-order valence-corrected chi connectivity index (χ2v) is 9.16. The average molecular weight is 473 g/mol. The Morgan fingerprint density at radius 1 is 1.00 bits per heavy atom. The molecule has 0 radical (unpaired) electrons. The third-order valence-electron chi connectivity index (χ3n) is 7.13. The molecule has 0 spiro atoms. The van der Waals surface area contributed by atoms with Gasteiger partial charge in [0.1, 0.15) is 23.9 Å². The van der Waals surface area contributed by atoms with Gasteiger partial charge in [0.2, 0.25) is 0 Å². The summed E-state index contributed by atoms with van der Waals surface area (Å²) in [6.45, 7) is 3.09. The molecule has 1 fully saturated rings. The molecule has 35 heavy (non-hydrogen) atoms. The number of methoxy groups -OCH3 is 2. The summed E-state index contributed by atoms with van der Waals surface area (Å²) in [6, 6.07) is 17.8. The van der Waals surface area contributed by atoms with E-state index in [4.69, 9.17) is 14.2 Å². The zero-order valence-electron chi connectivity index (χ0n) is 20.4. The highest BCUT2D eigenvalue weighted by molar-refractivity contribution is 5.85. The first-order valence-electron chi connectivity index (χ1n) is 12.1. The van der Waals surface area contributed by atoms with E-state index in [1.54, 1.807) is 14.2 Å². The zero-order chi connectivity index (χ0) is 24.3. The van der Waals surface area contributed by atoms with Gasteiger partial charge in [-0.2, -0.15) is 0 Å². The molecule has 2 aliphatic heterocycles. The molecule has 0 aliphatic carbocycles. The van der Waals surface area contributed by atoms with Gasteiger partial charge in [0.15, 0.2) is 0 Å². The van der Waals surface area contributed by atoms with Gasteiger partial charge in [0.25, 0.3) is 0 Å². The topological polar surface area (TPSA) is 64.1 Å². The third kappa shape index (κ3) is 4.90. The Hall–Kier alpha value is -3.35. The Bertz CT molecular complexity index is 1200. The van der Waals surface area contributed by atoms with Gasteiger partial charge in [-0.1, -0.05) is 24.3 Å². The van der Waals surface area contributed by atoms with E-state index in [0.717, 1.165) is 84.1 Å². The molecule has 182 valence electrons. The zero-order valence-corrected chi connectivity index (χ0v) is 20.4. The second kappa shape index (κ2) is 10.1. The van der Waals surface area contributed by atoms with Gasteiger partial charge in [-0.25, -0.2) is 0 Å². The SMILES string of the molecule is COc1ccc(C2(O)CCN(CC/C=C3/c4cc(OC)ccc4OCc4ncccc43)CC2)cc1. The predicted molar refractivity (Wildman–Crippen MR) is 136 cm³/mol. The normalized spacial score (nSPS) is 18.2. The van der Waals surface area contributed by atoms with Crippen LogP contribution in [0.2, 0.25) is 0 Å². The van der Waals surface area contributed by atoms with Crippen molar-refractivity contribution in [3.05, 3.63) is 89.3 Å². The number of nitrogens with zero attached hydrogens (tertiary/aromatic N) is 2. The van der Waals surface area contributed by atoms with Crippen molar-refractivity contribution in [3.8, 4) is 17.2 Å². The van der Waals surface area contributed by atoms with Gasteiger partial charge in [0, 0.05) is 37.0 Å². The molecule has 2 aromatic carbocycles. The van der Waals surface area contributed by atoms with Crippen LogP contribution in [0.4, 0.5) is 0 Å². The number of aromatic nitrogens is 1. The Balaban J connectivity index is 1.30. The Morgan fingerprint density at radius 3 is 2.49 bits per heavy atom. The summed E-state index contributed by atoms with van der Waals surface area (Å²) < 4.78 is 16.8. The lowest BCUT2D eigenvalue weighted by Crippen LogP contribution is -2.42. The van der Waals surface area contributed by atoms with Gasteiger partial charge in [0.05, 0.1) is 25.5 Å². The fraction of sp³-hybridized carbons (Fsp3) is 0.345. The number of hydrogen-bond acceptors (Lipinski definition) is 6. The molecule has 1 N–H and O–H groups in total. The van der Waals surface area contributed by atoms with E-state index < -0.39 is 5.60 Å². The standard InChI is InChI=1S/C29H32N2O4/c1-33-22-9-7-21(8-10-22)29(32)13-17-31(18-14-29)16-4-6-24-25-5-3-15-30-27(25)20-35-28-12-11-23(34-2)19-26(24)28/h3,5-12,15,19,32H,4,13-14,16-18,20H2,1-2H3/b24-6+. The van der Waals surface area contributed by atoms with Crippen LogP contribution >= 0.6 is 0 Å². The van der Waals surface area contributed by atoms with Crippen molar-refractivity contribution in [3.63, 3.8) is 0 Å². The van der Waals surface area contributed by atoms with Gasteiger partial charge >= 0.3 is 0 Å². The molecule has 6 nitrogen and oxygen atoms in total. The molecule has 3 heterocycles. The smallest absolute Gasteiger partial charge is 0.131 e. The summed E-state index contributed by atoms with van der Waals surface area (Å²) in [5.41, 5.74) is 4.39. The molecule has 1 saturated heterocycles. The van der Waals surface area contributed by atoms with Gasteiger partial charge in [-0.3, -0.25) is 4.98 Å². The maximum absolute atomic E-state index is 11.2. The molecular weight excluding hydrogens is 440 g/mol. The minimum absolute atomic E-state index is 0.447. The molecule has 0 bridgehead atoms. The average Bonchev–Trinajstić information content (AvgIpc) is 3.06. The lowest BCUT2D eigenvalue weighted by molar-refractivity contribution is -0.0254. The van der Waals surface area contributed by atoms with Crippen LogP contribution in [0.5, 0.6) is 17.2 Å². The van der Waals surface area contributed by atoms with Crippen LogP contribution in [-0.4, -0.2) is 48.8 Å². The van der Waals surface area contributed by atoms with Crippen molar-refractivity contribution in [2.45, 2.75) is 31.5 Å². The third-order valence-corrected chi connectivity index (χ3v) is 7.13. The van der Waals surface area contributed by atoms with Crippen LogP contribution in [-0.2, 0) is 12.2 Å². The number of ether oxygens (including phenoxy) is 3. The number of fused-ring (bicyclic) bond motifs is 2. The fourth-order valence-corrected chi connectivity index (χ4v) is 5.01. The minimum atomic E-state index is -0.778. The summed E-state index contributed by atoms with van der Waals surface area (Å²) in [6.07, 6.45) is 6.43. The van der Waals surface area contributed by atoms with Crippen molar-refractivity contribution in [1.82, 2.24) is 9.88 Å². The van der Waals surface area contributed by atoms with Gasteiger partial charge < -0.3 is 24.2 Å². The summed E-state index contributed by atoms with van der Waals surface area (Å²) >= 11 is 0. The largest absolute Gasteiger partial charge is 0.497 e. The molecule has 0 unspecified atom stereocenters. The second-order valence-electron chi connectivity index (χ2n) is 9.16. The Labute approximate surface area is 206 Å². The van der Waals surface area contributed by atoms with E-state index in [1.807, 2.05) is 54.7 Å². The van der Waals surface area contributed by atoms with Gasteiger partial charge in [-0.05, 0) is 66.8 Å². The maximum atomic E-state index is 11.2. The van der Waals surface area contributed by atoms with E-state index in [2.05, 4.69) is 22.0 Å². The molecule has 6 heteroatoms. The number of hydrogen-bond donors (Lipinski definition) is 1. The van der Waals surface area contributed by atoms with Crippen molar-refractivity contribution in [2.24, 2.45) is 0 Å². The number of likely N-dealkylation sites (tertiary alicyclic amines) is 1. The highest BCUT2D eigenvalue weighted by Crippen LogP contribution is 2.39. The summed E-state index contributed by atoms with van der Waals surface area (Å²) in [4.78, 5) is 6.99. The minimum Gasteiger partial charge on any atom is -0.497 e. The first-order chi connectivity index (χ1) is 17.1. The van der Waals surface area contributed by atoms with Crippen LogP contribution in [0.15, 0.2) is 66.9 Å². The number of pyridine rings is 1.